The molecule has 0 spiro atoms. The largest absolute Gasteiger partial charge is 0.476 e. The third kappa shape index (κ3) is 2.03. The molecule has 1 heterocycles. The zero-order valence-corrected chi connectivity index (χ0v) is 7.28. The maximum atomic E-state index is 11.1. The second-order valence-electron chi connectivity index (χ2n) is 2.26. The second kappa shape index (κ2) is 4.00. The maximum Gasteiger partial charge on any atom is 0.355 e. The van der Waals surface area contributed by atoms with Crippen LogP contribution in [-0.4, -0.2) is 27.7 Å². The van der Waals surface area contributed by atoms with Gasteiger partial charge in [-0.3, -0.25) is 4.79 Å². The van der Waals surface area contributed by atoms with E-state index in [1.165, 1.54) is 18.3 Å². The van der Waals surface area contributed by atoms with Crippen LogP contribution in [0, 0.1) is 0 Å². The number of alkyl halides is 1. The van der Waals surface area contributed by atoms with Gasteiger partial charge in [0.2, 0.25) is 0 Å². The number of pyridine rings is 1. The van der Waals surface area contributed by atoms with Crippen LogP contribution < -0.4 is 0 Å². The molecule has 0 aliphatic heterocycles. The van der Waals surface area contributed by atoms with E-state index in [0.29, 0.717) is 0 Å². The summed E-state index contributed by atoms with van der Waals surface area (Å²) in [5, 5.41) is 8.65. The molecule has 0 fully saturated rings. The average Bonchev–Trinajstić information content (AvgIpc) is 2.16. The number of rotatable bonds is 3. The molecule has 0 atom stereocenters. The molecule has 0 bridgehead atoms. The third-order valence-electron chi connectivity index (χ3n) is 1.43. The first-order valence-electron chi connectivity index (χ1n) is 3.44. The summed E-state index contributed by atoms with van der Waals surface area (Å²) in [7, 11) is 0. The van der Waals surface area contributed by atoms with Gasteiger partial charge in [-0.15, -0.1) is 11.6 Å². The Hall–Kier alpha value is -1.42. The number of hydrogen-bond donors (Lipinski definition) is 1. The van der Waals surface area contributed by atoms with Gasteiger partial charge in [-0.25, -0.2) is 9.78 Å². The van der Waals surface area contributed by atoms with Gasteiger partial charge in [0.1, 0.15) is 0 Å². The summed E-state index contributed by atoms with van der Waals surface area (Å²) in [5.74, 6) is -1.91. The van der Waals surface area contributed by atoms with E-state index in [1.807, 2.05) is 0 Å². The van der Waals surface area contributed by atoms with Crippen LogP contribution in [0.25, 0.3) is 0 Å². The number of carboxylic acid groups (broad SMARTS) is 1. The van der Waals surface area contributed by atoms with E-state index in [9.17, 15) is 9.59 Å². The fraction of sp³-hybridized carbons (Fsp3) is 0.125. The highest BCUT2D eigenvalue weighted by molar-refractivity contribution is 6.31. The highest BCUT2D eigenvalue weighted by Crippen LogP contribution is 2.07. The molecule has 1 N–H and O–H groups in total. The molecular weight excluding hydrogens is 194 g/mol. The number of halogens is 1. The van der Waals surface area contributed by atoms with Crippen LogP contribution >= 0.6 is 11.6 Å². The van der Waals surface area contributed by atoms with Gasteiger partial charge in [-0.2, -0.15) is 0 Å². The van der Waals surface area contributed by atoms with Crippen molar-refractivity contribution >= 4 is 23.4 Å². The molecule has 0 aliphatic carbocycles. The Morgan fingerprint density at radius 2 is 2.23 bits per heavy atom. The van der Waals surface area contributed by atoms with Crippen molar-refractivity contribution in [1.82, 2.24) is 4.98 Å². The van der Waals surface area contributed by atoms with Crippen LogP contribution in [0.5, 0.6) is 0 Å². The number of Topliss-reactive ketones (excluding diaryl/α,β-unsaturated/α-hetero) is 1. The number of carbonyl (C=O) groups is 2. The van der Waals surface area contributed by atoms with Crippen LogP contribution in [0.3, 0.4) is 0 Å². The van der Waals surface area contributed by atoms with Crippen molar-refractivity contribution in [2.45, 2.75) is 0 Å². The Labute approximate surface area is 79.2 Å². The first-order chi connectivity index (χ1) is 6.16. The minimum absolute atomic E-state index is 0.0463. The minimum atomic E-state index is -1.23. The highest BCUT2D eigenvalue weighted by Gasteiger charge is 2.15. The molecular formula is C8H6ClNO3. The lowest BCUT2D eigenvalue weighted by Crippen LogP contribution is -2.11. The van der Waals surface area contributed by atoms with Crippen LogP contribution in [0.15, 0.2) is 18.3 Å². The van der Waals surface area contributed by atoms with Crippen molar-refractivity contribution in [3.05, 3.63) is 29.6 Å². The van der Waals surface area contributed by atoms with Gasteiger partial charge >= 0.3 is 5.97 Å². The molecule has 0 radical (unpaired) electrons. The number of aromatic nitrogens is 1. The van der Waals surface area contributed by atoms with E-state index in [2.05, 4.69) is 4.98 Å². The van der Waals surface area contributed by atoms with Gasteiger partial charge in [0.05, 0.1) is 11.4 Å². The lowest BCUT2D eigenvalue weighted by Gasteiger charge is -2.00. The van der Waals surface area contributed by atoms with Crippen molar-refractivity contribution < 1.29 is 14.7 Å². The Morgan fingerprint density at radius 1 is 1.54 bits per heavy atom. The van der Waals surface area contributed by atoms with Gasteiger partial charge in [0, 0.05) is 6.20 Å². The van der Waals surface area contributed by atoms with Gasteiger partial charge in [0.25, 0.3) is 0 Å². The summed E-state index contributed by atoms with van der Waals surface area (Å²) < 4.78 is 0. The first-order valence-corrected chi connectivity index (χ1v) is 3.97. The van der Waals surface area contributed by atoms with Crippen LogP contribution in [0.1, 0.15) is 20.8 Å². The summed E-state index contributed by atoms with van der Waals surface area (Å²) in [6.07, 6.45) is 1.31. The summed E-state index contributed by atoms with van der Waals surface area (Å²) in [5.41, 5.74) is -0.210. The molecule has 0 saturated carbocycles. The predicted octanol–water partition coefficient (Wildman–Crippen LogP) is 1.20. The smallest absolute Gasteiger partial charge is 0.355 e. The average molecular weight is 200 g/mol. The lowest BCUT2D eigenvalue weighted by atomic mass is 10.1. The number of carboxylic acids is 1. The minimum Gasteiger partial charge on any atom is -0.476 e. The molecule has 0 aromatic carbocycles. The molecule has 1 aromatic heterocycles. The molecule has 4 nitrogen and oxygen atoms in total. The Bertz CT molecular complexity index is 351. The van der Waals surface area contributed by atoms with E-state index in [0.717, 1.165) is 0 Å². The van der Waals surface area contributed by atoms with Crippen LogP contribution in [0.2, 0.25) is 0 Å². The monoisotopic (exact) mass is 199 g/mol. The topological polar surface area (TPSA) is 67.3 Å². The quantitative estimate of drug-likeness (QED) is 0.587. The van der Waals surface area contributed by atoms with E-state index >= 15 is 0 Å². The summed E-state index contributed by atoms with van der Waals surface area (Å²) in [4.78, 5) is 25.3. The standard InChI is InChI=1S/C8H6ClNO3/c9-4-6(11)5-2-1-3-10-7(5)8(12)13/h1-3H,4H2,(H,12,13). The lowest BCUT2D eigenvalue weighted by molar-refractivity contribution is 0.0686. The van der Waals surface area contributed by atoms with Crippen molar-refractivity contribution in [3.8, 4) is 0 Å². The SMILES string of the molecule is O=C(CCl)c1cccnc1C(=O)O. The molecule has 0 amide bonds. The van der Waals surface area contributed by atoms with Crippen LogP contribution in [-0.2, 0) is 0 Å². The Kier molecular flexibility index (Phi) is 2.97. The predicted molar refractivity (Wildman–Crippen MR) is 46.2 cm³/mol. The van der Waals surface area contributed by atoms with E-state index < -0.39 is 11.8 Å². The molecule has 68 valence electrons. The number of hydrogen-bond acceptors (Lipinski definition) is 3. The van der Waals surface area contributed by atoms with Crippen LogP contribution in [0.4, 0.5) is 0 Å². The molecule has 0 unspecified atom stereocenters. The summed E-state index contributed by atoms with van der Waals surface area (Å²) >= 11 is 5.29. The van der Waals surface area contributed by atoms with Gasteiger partial charge in [-0.1, -0.05) is 0 Å². The summed E-state index contributed by atoms with van der Waals surface area (Å²) in [6.45, 7) is 0. The molecule has 0 aliphatic rings. The fourth-order valence-electron chi connectivity index (χ4n) is 0.873. The van der Waals surface area contributed by atoms with Gasteiger partial charge in [-0.05, 0) is 12.1 Å². The second-order valence-corrected chi connectivity index (χ2v) is 2.53. The number of nitrogens with zero attached hydrogens (tertiary/aromatic N) is 1. The van der Waals surface area contributed by atoms with Crippen molar-refractivity contribution in [3.63, 3.8) is 0 Å². The first kappa shape index (κ1) is 9.67. The van der Waals surface area contributed by atoms with E-state index in [1.54, 1.807) is 0 Å². The molecule has 0 saturated heterocycles. The number of carbonyl (C=O) groups excluding carboxylic acids is 1. The van der Waals surface area contributed by atoms with E-state index in [4.69, 9.17) is 16.7 Å². The fourth-order valence-corrected chi connectivity index (χ4v) is 1.02. The maximum absolute atomic E-state index is 11.1. The Morgan fingerprint density at radius 3 is 2.77 bits per heavy atom. The number of ketones is 1. The van der Waals surface area contributed by atoms with Crippen molar-refractivity contribution in [2.24, 2.45) is 0 Å². The zero-order chi connectivity index (χ0) is 9.84. The van der Waals surface area contributed by atoms with Crippen molar-refractivity contribution in [1.29, 1.82) is 0 Å². The molecule has 13 heavy (non-hydrogen) atoms. The molecule has 1 rings (SSSR count). The van der Waals surface area contributed by atoms with Crippen molar-refractivity contribution in [2.75, 3.05) is 5.88 Å². The third-order valence-corrected chi connectivity index (χ3v) is 1.67. The van der Waals surface area contributed by atoms with Gasteiger partial charge in [0.15, 0.2) is 11.5 Å². The Balaban J connectivity index is 3.19. The van der Waals surface area contributed by atoms with E-state index in [-0.39, 0.29) is 17.1 Å². The molecule has 1 aromatic rings. The zero-order valence-electron chi connectivity index (χ0n) is 6.53. The normalized spacial score (nSPS) is 9.62. The molecule has 5 heteroatoms. The highest BCUT2D eigenvalue weighted by atomic mass is 35.5. The van der Waals surface area contributed by atoms with Gasteiger partial charge < -0.3 is 5.11 Å². The summed E-state index contributed by atoms with van der Waals surface area (Å²) in [6, 6.07) is 2.88. The number of aromatic carboxylic acids is 1.